The third-order valence-electron chi connectivity index (χ3n) is 5.42. The fraction of sp³-hybridized carbons (Fsp3) is 0.409. The summed E-state index contributed by atoms with van der Waals surface area (Å²) in [7, 11) is 0. The lowest BCUT2D eigenvalue weighted by Gasteiger charge is -2.33. The van der Waals surface area contributed by atoms with Gasteiger partial charge in [0.05, 0.1) is 30.7 Å². The molecule has 6 heteroatoms. The minimum atomic E-state index is -0.182. The van der Waals surface area contributed by atoms with Gasteiger partial charge >= 0.3 is 0 Å². The summed E-state index contributed by atoms with van der Waals surface area (Å²) < 4.78 is 11.4. The van der Waals surface area contributed by atoms with Crippen molar-refractivity contribution in [1.29, 1.82) is 0 Å². The molecule has 1 aliphatic heterocycles. The van der Waals surface area contributed by atoms with Crippen LogP contribution in [0.4, 0.5) is 0 Å². The number of aliphatic hydroxyl groups excluding tert-OH is 1. The van der Waals surface area contributed by atoms with Crippen molar-refractivity contribution < 1.29 is 19.4 Å². The molecule has 2 aliphatic rings. The lowest BCUT2D eigenvalue weighted by atomic mass is 9.80. The zero-order valence-electron chi connectivity index (χ0n) is 15.6. The van der Waals surface area contributed by atoms with Crippen molar-refractivity contribution in [3.05, 3.63) is 58.1 Å². The van der Waals surface area contributed by atoms with Crippen molar-refractivity contribution >= 4 is 17.5 Å². The van der Waals surface area contributed by atoms with E-state index in [1.165, 1.54) is 5.56 Å². The molecule has 5 nitrogen and oxygen atoms in total. The SMILES string of the molecule is O=C(Cc1cc(Cl)c2c(c1)OCCCO2)NC1c2ccccc2CCC1CO. The van der Waals surface area contributed by atoms with Crippen LogP contribution in [0.2, 0.25) is 5.02 Å². The number of hydrogen-bond donors (Lipinski definition) is 2. The summed E-state index contributed by atoms with van der Waals surface area (Å²) in [6, 6.07) is 11.5. The van der Waals surface area contributed by atoms with Crippen LogP contribution in [0.1, 0.15) is 35.6 Å². The van der Waals surface area contributed by atoms with E-state index in [1.54, 1.807) is 6.07 Å². The number of halogens is 1. The highest BCUT2D eigenvalue weighted by Crippen LogP contribution is 2.38. The predicted octanol–water partition coefficient (Wildman–Crippen LogP) is 3.46. The molecule has 148 valence electrons. The number of amides is 1. The molecule has 2 aromatic rings. The van der Waals surface area contributed by atoms with Crippen molar-refractivity contribution in [3.63, 3.8) is 0 Å². The molecule has 0 spiro atoms. The summed E-state index contributed by atoms with van der Waals surface area (Å²) in [5.41, 5.74) is 3.10. The van der Waals surface area contributed by atoms with Gasteiger partial charge < -0.3 is 19.9 Å². The smallest absolute Gasteiger partial charge is 0.224 e. The Morgan fingerprint density at radius 2 is 2.04 bits per heavy atom. The molecule has 1 heterocycles. The van der Waals surface area contributed by atoms with Gasteiger partial charge in [-0.3, -0.25) is 4.79 Å². The standard InChI is InChI=1S/C22H24ClNO4/c23-18-10-14(11-19-22(18)28-9-3-8-27-19)12-20(26)24-21-16(13-25)7-6-15-4-1-2-5-17(15)21/h1-2,4-5,10-11,16,21,25H,3,6-9,12-13H2,(H,24,26). The first kappa shape index (κ1) is 19.1. The highest BCUT2D eigenvalue weighted by atomic mass is 35.5. The number of carbonyl (C=O) groups excluding carboxylic acids is 1. The summed E-state index contributed by atoms with van der Waals surface area (Å²) in [5, 5.41) is 13.4. The van der Waals surface area contributed by atoms with Gasteiger partial charge in [0.15, 0.2) is 11.5 Å². The molecule has 0 fully saturated rings. The van der Waals surface area contributed by atoms with E-state index in [4.69, 9.17) is 21.1 Å². The van der Waals surface area contributed by atoms with Crippen molar-refractivity contribution in [2.45, 2.75) is 31.7 Å². The maximum Gasteiger partial charge on any atom is 0.224 e. The zero-order chi connectivity index (χ0) is 19.5. The molecule has 0 aromatic heterocycles. The molecule has 2 atom stereocenters. The van der Waals surface area contributed by atoms with Crippen LogP contribution in [0.3, 0.4) is 0 Å². The van der Waals surface area contributed by atoms with Gasteiger partial charge in [0.25, 0.3) is 0 Å². The van der Waals surface area contributed by atoms with Crippen LogP contribution in [0.25, 0.3) is 0 Å². The van der Waals surface area contributed by atoms with Gasteiger partial charge in [-0.15, -0.1) is 0 Å². The van der Waals surface area contributed by atoms with Crippen LogP contribution < -0.4 is 14.8 Å². The lowest BCUT2D eigenvalue weighted by molar-refractivity contribution is -0.121. The Morgan fingerprint density at radius 1 is 1.21 bits per heavy atom. The monoisotopic (exact) mass is 401 g/mol. The quantitative estimate of drug-likeness (QED) is 0.823. The molecule has 0 saturated carbocycles. The third kappa shape index (κ3) is 3.96. The van der Waals surface area contributed by atoms with E-state index in [9.17, 15) is 9.90 Å². The summed E-state index contributed by atoms with van der Waals surface area (Å²) in [5.74, 6) is 1.05. The molecule has 0 radical (unpaired) electrons. The number of aryl methyl sites for hydroxylation is 1. The summed E-state index contributed by atoms with van der Waals surface area (Å²) in [4.78, 5) is 12.8. The zero-order valence-corrected chi connectivity index (χ0v) is 16.4. The molecular weight excluding hydrogens is 378 g/mol. The average Bonchev–Trinajstić information content (AvgIpc) is 2.94. The number of carbonyl (C=O) groups is 1. The molecule has 1 amide bonds. The summed E-state index contributed by atoms with van der Waals surface area (Å²) in [6.45, 7) is 1.18. The third-order valence-corrected chi connectivity index (χ3v) is 5.70. The topological polar surface area (TPSA) is 67.8 Å². The second kappa shape index (κ2) is 8.41. The Morgan fingerprint density at radius 3 is 2.89 bits per heavy atom. The van der Waals surface area contributed by atoms with Crippen LogP contribution in [0.5, 0.6) is 11.5 Å². The van der Waals surface area contributed by atoms with E-state index in [-0.39, 0.29) is 30.9 Å². The van der Waals surface area contributed by atoms with Gasteiger partial charge in [-0.2, -0.15) is 0 Å². The molecule has 28 heavy (non-hydrogen) atoms. The van der Waals surface area contributed by atoms with Gasteiger partial charge in [-0.1, -0.05) is 35.9 Å². The van der Waals surface area contributed by atoms with E-state index in [1.807, 2.05) is 24.3 Å². The van der Waals surface area contributed by atoms with Gasteiger partial charge in [0.2, 0.25) is 5.91 Å². The molecular formula is C22H24ClNO4. The first-order chi connectivity index (χ1) is 13.7. The molecule has 0 saturated heterocycles. The minimum absolute atomic E-state index is 0.0196. The molecule has 4 rings (SSSR count). The van der Waals surface area contributed by atoms with Crippen LogP contribution in [-0.4, -0.2) is 30.8 Å². The van der Waals surface area contributed by atoms with Crippen LogP contribution >= 0.6 is 11.6 Å². The predicted molar refractivity (Wildman–Crippen MR) is 107 cm³/mol. The number of nitrogens with one attached hydrogen (secondary N) is 1. The van der Waals surface area contributed by atoms with Crippen molar-refractivity contribution in [2.24, 2.45) is 5.92 Å². The fourth-order valence-corrected chi connectivity index (χ4v) is 4.30. The largest absolute Gasteiger partial charge is 0.489 e. The Balaban J connectivity index is 1.51. The van der Waals surface area contributed by atoms with E-state index in [2.05, 4.69) is 11.4 Å². The Labute approximate surface area is 169 Å². The van der Waals surface area contributed by atoms with Gasteiger partial charge in [-0.25, -0.2) is 0 Å². The van der Waals surface area contributed by atoms with Crippen LogP contribution in [-0.2, 0) is 17.6 Å². The molecule has 0 bridgehead atoms. The second-order valence-corrected chi connectivity index (χ2v) is 7.76. The first-order valence-electron chi connectivity index (χ1n) is 9.71. The van der Waals surface area contributed by atoms with E-state index in [0.29, 0.717) is 29.7 Å². The van der Waals surface area contributed by atoms with E-state index >= 15 is 0 Å². The number of ether oxygens (including phenoxy) is 2. The maximum atomic E-state index is 12.8. The molecule has 1 aliphatic carbocycles. The minimum Gasteiger partial charge on any atom is -0.489 e. The number of rotatable bonds is 4. The van der Waals surface area contributed by atoms with Crippen LogP contribution in [0, 0.1) is 5.92 Å². The van der Waals surface area contributed by atoms with E-state index in [0.717, 1.165) is 30.4 Å². The number of hydrogen-bond acceptors (Lipinski definition) is 4. The highest BCUT2D eigenvalue weighted by molar-refractivity contribution is 6.32. The number of benzene rings is 2. The highest BCUT2D eigenvalue weighted by Gasteiger charge is 2.30. The lowest BCUT2D eigenvalue weighted by Crippen LogP contribution is -2.38. The van der Waals surface area contributed by atoms with Gasteiger partial charge in [0.1, 0.15) is 0 Å². The Hall–Kier alpha value is -2.24. The number of aliphatic hydroxyl groups is 1. The van der Waals surface area contributed by atoms with Crippen LogP contribution in [0.15, 0.2) is 36.4 Å². The average molecular weight is 402 g/mol. The Bertz CT molecular complexity index is 870. The summed E-state index contributed by atoms with van der Waals surface area (Å²) >= 11 is 6.34. The Kier molecular flexibility index (Phi) is 5.74. The van der Waals surface area contributed by atoms with Crippen molar-refractivity contribution in [2.75, 3.05) is 19.8 Å². The van der Waals surface area contributed by atoms with Crippen molar-refractivity contribution in [3.8, 4) is 11.5 Å². The first-order valence-corrected chi connectivity index (χ1v) is 10.1. The maximum absolute atomic E-state index is 12.8. The fourth-order valence-electron chi connectivity index (χ4n) is 4.02. The van der Waals surface area contributed by atoms with Gasteiger partial charge in [0, 0.05) is 18.9 Å². The number of fused-ring (bicyclic) bond motifs is 2. The molecule has 2 aromatic carbocycles. The van der Waals surface area contributed by atoms with Crippen molar-refractivity contribution in [1.82, 2.24) is 5.32 Å². The van der Waals surface area contributed by atoms with E-state index < -0.39 is 0 Å². The van der Waals surface area contributed by atoms with Gasteiger partial charge in [-0.05, 0) is 41.7 Å². The summed E-state index contributed by atoms with van der Waals surface area (Å²) in [6.07, 6.45) is 2.76. The molecule has 2 N–H and O–H groups in total. The molecule has 2 unspecified atom stereocenters. The second-order valence-electron chi connectivity index (χ2n) is 7.36. The normalized spacial score (nSPS) is 20.8.